The predicted molar refractivity (Wildman–Crippen MR) is 128 cm³/mol. The molecule has 1 aliphatic heterocycles. The smallest absolute Gasteiger partial charge is 0.119 e. The fraction of sp³-hybridized carbons (Fsp3) is 0.115. The molecule has 0 bridgehead atoms. The Morgan fingerprint density at radius 1 is 0.968 bits per heavy atom. The molecule has 31 heavy (non-hydrogen) atoms. The summed E-state index contributed by atoms with van der Waals surface area (Å²) in [7, 11) is 1.67. The molecule has 0 fully saturated rings. The van der Waals surface area contributed by atoms with Gasteiger partial charge in [0.05, 0.1) is 29.9 Å². The van der Waals surface area contributed by atoms with Crippen LogP contribution in [-0.4, -0.2) is 22.8 Å². The first-order chi connectivity index (χ1) is 15.1. The van der Waals surface area contributed by atoms with Gasteiger partial charge >= 0.3 is 0 Å². The average Bonchev–Trinajstić information content (AvgIpc) is 3.46. The number of aliphatic imine (C=N–C) groups is 1. The number of aryl methyl sites for hydroxylation is 2. The molecule has 0 aliphatic carbocycles. The van der Waals surface area contributed by atoms with E-state index in [2.05, 4.69) is 65.5 Å². The van der Waals surface area contributed by atoms with Crippen LogP contribution in [0.2, 0.25) is 0 Å². The second kappa shape index (κ2) is 7.69. The van der Waals surface area contributed by atoms with Crippen molar-refractivity contribution in [2.45, 2.75) is 13.8 Å². The highest BCUT2D eigenvalue weighted by Crippen LogP contribution is 2.28. The summed E-state index contributed by atoms with van der Waals surface area (Å²) >= 11 is 0. The van der Waals surface area contributed by atoms with Crippen molar-refractivity contribution in [1.82, 2.24) is 9.97 Å². The lowest BCUT2D eigenvalue weighted by Gasteiger charge is -2.09. The first kappa shape index (κ1) is 19.0. The summed E-state index contributed by atoms with van der Waals surface area (Å²) in [5.74, 6) is 0.828. The number of para-hydroxylation sites is 1. The van der Waals surface area contributed by atoms with Crippen LogP contribution in [0.25, 0.3) is 17.0 Å². The lowest BCUT2D eigenvalue weighted by molar-refractivity contribution is 0.415. The van der Waals surface area contributed by atoms with Gasteiger partial charge in [0.2, 0.25) is 0 Å². The predicted octanol–water partition coefficient (Wildman–Crippen LogP) is 5.96. The molecule has 2 aromatic carbocycles. The lowest BCUT2D eigenvalue weighted by atomic mass is 10.2. The second-order valence-corrected chi connectivity index (χ2v) is 7.76. The quantitative estimate of drug-likeness (QED) is 0.381. The van der Waals surface area contributed by atoms with Crippen LogP contribution in [-0.2, 0) is 0 Å². The largest absolute Gasteiger partial charge is 0.497 e. The highest BCUT2D eigenvalue weighted by atomic mass is 16.5. The monoisotopic (exact) mass is 408 g/mol. The van der Waals surface area contributed by atoms with Gasteiger partial charge in [0.1, 0.15) is 5.75 Å². The van der Waals surface area contributed by atoms with E-state index in [0.29, 0.717) is 0 Å². The number of fused-ring (bicyclic) bond motifs is 1. The van der Waals surface area contributed by atoms with E-state index in [1.54, 1.807) is 7.11 Å². The fourth-order valence-corrected chi connectivity index (χ4v) is 3.86. The zero-order valence-corrected chi connectivity index (χ0v) is 17.8. The molecule has 5 rings (SSSR count). The van der Waals surface area contributed by atoms with E-state index in [-0.39, 0.29) is 0 Å². The molecule has 2 aromatic heterocycles. The third-order valence-electron chi connectivity index (χ3n) is 5.44. The van der Waals surface area contributed by atoms with Crippen LogP contribution in [0.3, 0.4) is 0 Å². The minimum atomic E-state index is 0.828. The number of nitrogens with zero attached hydrogens (tertiary/aromatic N) is 1. The van der Waals surface area contributed by atoms with Gasteiger partial charge in [-0.15, -0.1) is 0 Å². The Kier molecular flexibility index (Phi) is 4.71. The number of hydrogen-bond donors (Lipinski definition) is 3. The molecule has 4 aromatic rings. The summed E-state index contributed by atoms with van der Waals surface area (Å²) in [6.45, 7) is 4.17. The van der Waals surface area contributed by atoms with Crippen molar-refractivity contribution < 1.29 is 4.74 Å². The molecule has 0 saturated heterocycles. The Labute approximate surface area is 181 Å². The molecule has 3 heterocycles. The zero-order valence-electron chi connectivity index (χ0n) is 17.8. The van der Waals surface area contributed by atoms with E-state index >= 15 is 0 Å². The highest BCUT2D eigenvalue weighted by molar-refractivity contribution is 6.13. The van der Waals surface area contributed by atoms with E-state index < -0.39 is 0 Å². The summed E-state index contributed by atoms with van der Waals surface area (Å²) in [4.78, 5) is 11.9. The normalized spacial score (nSPS) is 14.7. The number of anilines is 1. The van der Waals surface area contributed by atoms with Crippen molar-refractivity contribution in [3.05, 3.63) is 101 Å². The van der Waals surface area contributed by atoms with Crippen molar-refractivity contribution >= 4 is 28.4 Å². The van der Waals surface area contributed by atoms with Gasteiger partial charge in [-0.1, -0.05) is 18.2 Å². The van der Waals surface area contributed by atoms with Crippen LogP contribution < -0.4 is 10.1 Å². The number of H-pyrrole nitrogens is 2. The first-order valence-electron chi connectivity index (χ1n) is 10.3. The molecule has 3 N–H and O–H groups in total. The summed E-state index contributed by atoms with van der Waals surface area (Å²) in [6.07, 6.45) is 4.19. The van der Waals surface area contributed by atoms with Crippen LogP contribution in [0, 0.1) is 13.8 Å². The Morgan fingerprint density at radius 2 is 1.77 bits per heavy atom. The minimum Gasteiger partial charge on any atom is -0.497 e. The molecule has 0 amide bonds. The maximum atomic E-state index is 5.27. The number of aromatic amines is 2. The summed E-state index contributed by atoms with van der Waals surface area (Å²) in [5, 5.41) is 4.69. The van der Waals surface area contributed by atoms with Gasteiger partial charge in [-0.2, -0.15) is 0 Å². The Bertz CT molecular complexity index is 1320. The van der Waals surface area contributed by atoms with Gasteiger partial charge in [-0.25, -0.2) is 4.99 Å². The maximum absolute atomic E-state index is 5.27. The van der Waals surface area contributed by atoms with Gasteiger partial charge in [-0.3, -0.25) is 0 Å². The van der Waals surface area contributed by atoms with Gasteiger partial charge in [0.25, 0.3) is 0 Å². The van der Waals surface area contributed by atoms with Crippen LogP contribution in [0.15, 0.2) is 83.1 Å². The number of allylic oxidation sites excluding steroid dienone is 1. The van der Waals surface area contributed by atoms with Crippen LogP contribution in [0.4, 0.5) is 5.69 Å². The molecule has 0 radical (unpaired) electrons. The topological polar surface area (TPSA) is 65.2 Å². The number of rotatable bonds is 5. The summed E-state index contributed by atoms with van der Waals surface area (Å²) in [6, 6.07) is 20.4. The molecule has 154 valence electrons. The maximum Gasteiger partial charge on any atom is 0.119 e. The molecular weight excluding hydrogens is 384 g/mol. The number of nitrogens with one attached hydrogen (secondary N) is 3. The van der Waals surface area contributed by atoms with Gasteiger partial charge in [0, 0.05) is 28.0 Å². The number of benzene rings is 2. The number of aromatic nitrogens is 2. The number of hydrogen-bond acceptors (Lipinski definition) is 3. The minimum absolute atomic E-state index is 0.828. The summed E-state index contributed by atoms with van der Waals surface area (Å²) in [5.41, 5.74) is 9.21. The third-order valence-corrected chi connectivity index (χ3v) is 5.44. The van der Waals surface area contributed by atoms with Crippen molar-refractivity contribution in [3.8, 4) is 5.75 Å². The molecule has 5 heteroatoms. The van der Waals surface area contributed by atoms with Crippen LogP contribution >= 0.6 is 0 Å². The summed E-state index contributed by atoms with van der Waals surface area (Å²) < 4.78 is 5.27. The van der Waals surface area contributed by atoms with Gasteiger partial charge < -0.3 is 20.0 Å². The van der Waals surface area contributed by atoms with Crippen molar-refractivity contribution in [2.24, 2.45) is 4.99 Å². The average molecular weight is 409 g/mol. The standard InChI is InChI=1S/C26H24N4O/c1-16-12-17(2)27-22(16)14-25-24(28-19-8-10-20(31-3)11-9-19)15-26(30-25)23-13-18-6-4-5-7-21(18)29-23/h4-15,27-29H,1-3H3. The van der Waals surface area contributed by atoms with Crippen molar-refractivity contribution in [2.75, 3.05) is 12.4 Å². The Balaban J connectivity index is 1.54. The van der Waals surface area contributed by atoms with E-state index in [4.69, 9.17) is 9.73 Å². The van der Waals surface area contributed by atoms with E-state index in [1.807, 2.05) is 36.4 Å². The first-order valence-corrected chi connectivity index (χ1v) is 10.3. The van der Waals surface area contributed by atoms with Gasteiger partial charge in [0.15, 0.2) is 0 Å². The SMILES string of the molecule is COc1ccc(NC2=CC(c3cc4ccccc4[nH]3)=NC2=Cc2[nH]c(C)cc2C)cc1. The van der Waals surface area contributed by atoms with E-state index in [1.165, 1.54) is 10.9 Å². The van der Waals surface area contributed by atoms with Crippen LogP contribution in [0.5, 0.6) is 5.75 Å². The third kappa shape index (κ3) is 3.78. The van der Waals surface area contributed by atoms with Crippen LogP contribution in [0.1, 0.15) is 22.6 Å². The molecule has 0 unspecified atom stereocenters. The number of methoxy groups -OCH3 is 1. The number of ether oxygens (including phenoxy) is 1. The molecule has 0 saturated carbocycles. The zero-order chi connectivity index (χ0) is 21.4. The highest BCUT2D eigenvalue weighted by Gasteiger charge is 2.18. The molecule has 5 nitrogen and oxygen atoms in total. The van der Waals surface area contributed by atoms with E-state index in [0.717, 1.165) is 51.1 Å². The second-order valence-electron chi connectivity index (χ2n) is 7.76. The Morgan fingerprint density at radius 3 is 2.48 bits per heavy atom. The lowest BCUT2D eigenvalue weighted by Crippen LogP contribution is -2.00. The van der Waals surface area contributed by atoms with E-state index in [9.17, 15) is 0 Å². The Hall–Kier alpha value is -3.99. The van der Waals surface area contributed by atoms with Gasteiger partial charge in [-0.05, 0) is 74.0 Å². The van der Waals surface area contributed by atoms with Crippen molar-refractivity contribution in [3.63, 3.8) is 0 Å². The molecule has 0 spiro atoms. The van der Waals surface area contributed by atoms with Crippen molar-refractivity contribution in [1.29, 1.82) is 0 Å². The molecule has 0 atom stereocenters. The molecule has 1 aliphatic rings. The fourth-order valence-electron chi connectivity index (χ4n) is 3.86. The molecular formula is C26H24N4O.